The van der Waals surface area contributed by atoms with Gasteiger partial charge in [0.2, 0.25) is 5.88 Å². The average molecular weight is 185 g/mol. The van der Waals surface area contributed by atoms with Crippen LogP contribution < -0.4 is 4.74 Å². The molecule has 2 rings (SSSR count). The zero-order chi connectivity index (χ0) is 9.80. The highest BCUT2D eigenvalue weighted by Gasteiger charge is 2.04. The average Bonchev–Trinajstić information content (AvgIpc) is 2.30. The van der Waals surface area contributed by atoms with Gasteiger partial charge >= 0.3 is 0 Å². The largest absolute Gasteiger partial charge is 0.481 e. The Hall–Kier alpha value is -1.90. The lowest BCUT2D eigenvalue weighted by Crippen LogP contribution is -1.90. The molecule has 0 aliphatic heterocycles. The van der Waals surface area contributed by atoms with E-state index in [0.717, 1.165) is 11.1 Å². The second-order valence-corrected chi connectivity index (χ2v) is 2.73. The highest BCUT2D eigenvalue weighted by Crippen LogP contribution is 2.25. The standard InChI is InChI=1S/C11H9N2O/c1-14-11-10(5-3-7-13-11)9-4-2-6-12-8-9/h2,4-8H,1H3. The maximum Gasteiger partial charge on any atom is 0.221 e. The summed E-state index contributed by atoms with van der Waals surface area (Å²) in [4.78, 5) is 8.11. The lowest BCUT2D eigenvalue weighted by atomic mass is 10.1. The summed E-state index contributed by atoms with van der Waals surface area (Å²) in [7, 11) is 1.60. The second kappa shape index (κ2) is 3.87. The topological polar surface area (TPSA) is 35.0 Å². The van der Waals surface area contributed by atoms with Crippen molar-refractivity contribution in [3.05, 3.63) is 42.9 Å². The third kappa shape index (κ3) is 1.57. The fraction of sp³-hybridized carbons (Fsp3) is 0.0909. The number of aromatic nitrogens is 2. The SMILES string of the molecule is COc1nc[c]cc1-c1cccnc1. The van der Waals surface area contributed by atoms with Crippen molar-refractivity contribution in [3.8, 4) is 17.0 Å². The fourth-order valence-electron chi connectivity index (χ4n) is 1.24. The van der Waals surface area contributed by atoms with E-state index in [1.165, 1.54) is 0 Å². The molecule has 0 aliphatic carbocycles. The van der Waals surface area contributed by atoms with Gasteiger partial charge in [0.05, 0.1) is 7.11 Å². The summed E-state index contributed by atoms with van der Waals surface area (Å²) in [6.07, 6.45) is 5.09. The van der Waals surface area contributed by atoms with E-state index in [9.17, 15) is 0 Å². The van der Waals surface area contributed by atoms with E-state index in [1.807, 2.05) is 18.2 Å². The molecule has 0 N–H and O–H groups in total. The first-order valence-corrected chi connectivity index (χ1v) is 4.22. The number of hydrogen-bond donors (Lipinski definition) is 0. The molecule has 0 aromatic carbocycles. The van der Waals surface area contributed by atoms with Gasteiger partial charge in [-0.2, -0.15) is 0 Å². The molecule has 3 heteroatoms. The predicted molar refractivity (Wildman–Crippen MR) is 52.9 cm³/mol. The van der Waals surface area contributed by atoms with Crippen molar-refractivity contribution >= 4 is 0 Å². The van der Waals surface area contributed by atoms with E-state index in [1.54, 1.807) is 25.7 Å². The number of nitrogens with zero attached hydrogens (tertiary/aromatic N) is 2. The van der Waals surface area contributed by atoms with Crippen molar-refractivity contribution in [2.24, 2.45) is 0 Å². The van der Waals surface area contributed by atoms with Crippen LogP contribution in [0.4, 0.5) is 0 Å². The molecule has 0 fully saturated rings. The maximum atomic E-state index is 5.14. The summed E-state index contributed by atoms with van der Waals surface area (Å²) in [5.41, 5.74) is 1.89. The second-order valence-electron chi connectivity index (χ2n) is 2.73. The van der Waals surface area contributed by atoms with Crippen LogP contribution in [-0.4, -0.2) is 17.1 Å². The Morgan fingerprint density at radius 2 is 2.36 bits per heavy atom. The van der Waals surface area contributed by atoms with E-state index in [4.69, 9.17) is 4.74 Å². The van der Waals surface area contributed by atoms with Crippen molar-refractivity contribution in [1.82, 2.24) is 9.97 Å². The van der Waals surface area contributed by atoms with E-state index in [0.29, 0.717) is 5.88 Å². The zero-order valence-corrected chi connectivity index (χ0v) is 7.77. The summed E-state index contributed by atoms with van der Waals surface area (Å²) >= 11 is 0. The molecule has 2 heterocycles. The smallest absolute Gasteiger partial charge is 0.221 e. The van der Waals surface area contributed by atoms with Crippen molar-refractivity contribution in [2.75, 3.05) is 7.11 Å². The van der Waals surface area contributed by atoms with E-state index < -0.39 is 0 Å². The first-order chi connectivity index (χ1) is 6.92. The minimum Gasteiger partial charge on any atom is -0.481 e. The quantitative estimate of drug-likeness (QED) is 0.717. The Labute approximate surface area is 82.4 Å². The van der Waals surface area contributed by atoms with Crippen LogP contribution in [0.3, 0.4) is 0 Å². The Morgan fingerprint density at radius 3 is 3.07 bits per heavy atom. The zero-order valence-electron chi connectivity index (χ0n) is 7.77. The van der Waals surface area contributed by atoms with Gasteiger partial charge in [-0.3, -0.25) is 4.98 Å². The van der Waals surface area contributed by atoms with Crippen molar-refractivity contribution in [1.29, 1.82) is 0 Å². The Kier molecular flexibility index (Phi) is 2.40. The number of ether oxygens (including phenoxy) is 1. The van der Waals surface area contributed by atoms with Gasteiger partial charge in [0.25, 0.3) is 0 Å². The molecule has 0 unspecified atom stereocenters. The molecule has 0 saturated heterocycles. The molecule has 3 nitrogen and oxygen atoms in total. The molecule has 0 aliphatic rings. The van der Waals surface area contributed by atoms with Gasteiger partial charge in [-0.15, -0.1) is 0 Å². The van der Waals surface area contributed by atoms with Crippen LogP contribution in [0.1, 0.15) is 0 Å². The predicted octanol–water partition coefficient (Wildman–Crippen LogP) is 1.95. The Morgan fingerprint density at radius 1 is 1.43 bits per heavy atom. The minimum atomic E-state index is 0.594. The molecular weight excluding hydrogens is 176 g/mol. The summed E-state index contributed by atoms with van der Waals surface area (Å²) in [5, 5.41) is 0. The van der Waals surface area contributed by atoms with Gasteiger partial charge < -0.3 is 4.74 Å². The highest BCUT2D eigenvalue weighted by atomic mass is 16.5. The summed E-state index contributed by atoms with van der Waals surface area (Å²) in [5.74, 6) is 0.594. The third-order valence-electron chi connectivity index (χ3n) is 1.88. The van der Waals surface area contributed by atoms with E-state index in [2.05, 4.69) is 16.0 Å². The number of pyridine rings is 2. The van der Waals surface area contributed by atoms with Gasteiger partial charge in [0, 0.05) is 35.8 Å². The van der Waals surface area contributed by atoms with Gasteiger partial charge in [-0.25, -0.2) is 4.98 Å². The molecule has 14 heavy (non-hydrogen) atoms. The van der Waals surface area contributed by atoms with E-state index in [-0.39, 0.29) is 0 Å². The van der Waals surface area contributed by atoms with Gasteiger partial charge in [-0.05, 0) is 12.1 Å². The molecule has 2 aromatic heterocycles. The van der Waals surface area contributed by atoms with Crippen molar-refractivity contribution in [3.63, 3.8) is 0 Å². The molecule has 1 radical (unpaired) electrons. The van der Waals surface area contributed by atoms with Crippen LogP contribution in [0.2, 0.25) is 0 Å². The van der Waals surface area contributed by atoms with Crippen LogP contribution in [0, 0.1) is 6.07 Å². The van der Waals surface area contributed by atoms with Crippen LogP contribution in [0.5, 0.6) is 5.88 Å². The van der Waals surface area contributed by atoms with Gasteiger partial charge in [0.1, 0.15) is 0 Å². The van der Waals surface area contributed by atoms with Gasteiger partial charge in [-0.1, -0.05) is 6.07 Å². The lowest BCUT2D eigenvalue weighted by Gasteiger charge is -2.05. The van der Waals surface area contributed by atoms with Crippen LogP contribution in [0.15, 0.2) is 36.8 Å². The molecular formula is C11H9N2O. The summed E-state index contributed by atoms with van der Waals surface area (Å²) in [6, 6.07) is 8.59. The Bertz CT molecular complexity index is 415. The molecule has 69 valence electrons. The lowest BCUT2D eigenvalue weighted by molar-refractivity contribution is 0.399. The first-order valence-electron chi connectivity index (χ1n) is 4.22. The monoisotopic (exact) mass is 185 g/mol. The Balaban J connectivity index is 2.51. The van der Waals surface area contributed by atoms with Crippen molar-refractivity contribution in [2.45, 2.75) is 0 Å². The molecule has 0 bridgehead atoms. The summed E-state index contributed by atoms with van der Waals surface area (Å²) in [6.45, 7) is 0. The first kappa shape index (κ1) is 8.69. The molecule has 0 amide bonds. The fourth-order valence-corrected chi connectivity index (χ4v) is 1.24. The number of rotatable bonds is 2. The van der Waals surface area contributed by atoms with E-state index >= 15 is 0 Å². The molecule has 0 spiro atoms. The highest BCUT2D eigenvalue weighted by molar-refractivity contribution is 5.67. The summed E-state index contributed by atoms with van der Waals surface area (Å²) < 4.78 is 5.14. The van der Waals surface area contributed by atoms with Crippen molar-refractivity contribution < 1.29 is 4.74 Å². The van der Waals surface area contributed by atoms with Crippen LogP contribution >= 0.6 is 0 Å². The molecule has 2 aromatic rings. The third-order valence-corrected chi connectivity index (χ3v) is 1.88. The maximum absolute atomic E-state index is 5.14. The van der Waals surface area contributed by atoms with Crippen LogP contribution in [0.25, 0.3) is 11.1 Å². The molecule has 0 atom stereocenters. The molecule has 0 saturated carbocycles. The minimum absolute atomic E-state index is 0.594. The van der Waals surface area contributed by atoms with Crippen LogP contribution in [-0.2, 0) is 0 Å². The number of hydrogen-bond acceptors (Lipinski definition) is 3. The van der Waals surface area contributed by atoms with Gasteiger partial charge in [0.15, 0.2) is 0 Å². The number of methoxy groups -OCH3 is 1. The normalized spacial score (nSPS) is 9.79.